The predicted molar refractivity (Wildman–Crippen MR) is 118 cm³/mol. The monoisotopic (exact) mass is 401 g/mol. The lowest BCUT2D eigenvalue weighted by atomic mass is 10.1. The van der Waals surface area contributed by atoms with Gasteiger partial charge >= 0.3 is 0 Å². The maximum absolute atomic E-state index is 12.7. The van der Waals surface area contributed by atoms with E-state index in [2.05, 4.69) is 46.9 Å². The van der Waals surface area contributed by atoms with Crippen LogP contribution >= 0.6 is 0 Å². The van der Waals surface area contributed by atoms with E-state index < -0.39 is 0 Å². The minimum Gasteiger partial charge on any atom is -0.353 e. The molecule has 0 saturated carbocycles. The van der Waals surface area contributed by atoms with Crippen LogP contribution in [0.4, 0.5) is 5.82 Å². The third-order valence-corrected chi connectivity index (χ3v) is 5.45. The molecule has 1 amide bonds. The molecule has 0 spiro atoms. The third-order valence-electron chi connectivity index (χ3n) is 5.45. The van der Waals surface area contributed by atoms with Gasteiger partial charge in [0.1, 0.15) is 11.5 Å². The Hall–Kier alpha value is -3.28. The van der Waals surface area contributed by atoms with Gasteiger partial charge in [0.25, 0.3) is 0 Å². The molecular weight excluding hydrogens is 374 g/mol. The Bertz CT molecular complexity index is 996. The molecule has 0 aliphatic carbocycles. The number of hydrogen-bond acceptors (Lipinski definition) is 5. The highest BCUT2D eigenvalue weighted by Crippen LogP contribution is 2.20. The Kier molecular flexibility index (Phi) is 6.02. The molecule has 4 rings (SSSR count). The first kappa shape index (κ1) is 20.0. The van der Waals surface area contributed by atoms with Crippen LogP contribution in [0.1, 0.15) is 23.7 Å². The lowest BCUT2D eigenvalue weighted by Gasteiger charge is -2.35. The summed E-state index contributed by atoms with van der Waals surface area (Å²) < 4.78 is 0. The van der Waals surface area contributed by atoms with Crippen molar-refractivity contribution >= 4 is 11.7 Å². The Morgan fingerprint density at radius 3 is 2.43 bits per heavy atom. The van der Waals surface area contributed by atoms with Gasteiger partial charge in [-0.25, -0.2) is 9.97 Å². The summed E-state index contributed by atoms with van der Waals surface area (Å²) in [6, 6.07) is 16.0. The zero-order chi connectivity index (χ0) is 20.9. The third kappa shape index (κ3) is 4.64. The van der Waals surface area contributed by atoms with Crippen molar-refractivity contribution in [3.63, 3.8) is 0 Å². The number of rotatable bonds is 5. The summed E-state index contributed by atoms with van der Waals surface area (Å²) in [4.78, 5) is 30.7. The Morgan fingerprint density at radius 2 is 1.77 bits per heavy atom. The van der Waals surface area contributed by atoms with E-state index in [-0.39, 0.29) is 5.91 Å². The molecule has 0 radical (unpaired) electrons. The number of anilines is 1. The van der Waals surface area contributed by atoms with Crippen molar-refractivity contribution in [2.24, 2.45) is 0 Å². The van der Waals surface area contributed by atoms with Gasteiger partial charge in [-0.3, -0.25) is 9.78 Å². The molecule has 1 fully saturated rings. The topological polar surface area (TPSA) is 62.2 Å². The first-order chi connectivity index (χ1) is 14.6. The van der Waals surface area contributed by atoms with E-state index in [1.54, 1.807) is 6.20 Å². The van der Waals surface area contributed by atoms with E-state index in [1.165, 1.54) is 5.56 Å². The van der Waals surface area contributed by atoms with Gasteiger partial charge in [0, 0.05) is 44.1 Å². The number of aromatic nitrogens is 3. The fraction of sp³-hybridized carbons (Fsp3) is 0.333. The van der Waals surface area contributed by atoms with Crippen LogP contribution in [0.3, 0.4) is 0 Å². The van der Waals surface area contributed by atoms with Crippen molar-refractivity contribution in [2.75, 3.05) is 31.1 Å². The van der Waals surface area contributed by atoms with E-state index in [0.29, 0.717) is 25.3 Å². The van der Waals surface area contributed by atoms with E-state index in [9.17, 15) is 4.79 Å². The second-order valence-electron chi connectivity index (χ2n) is 7.64. The predicted octanol–water partition coefficient (Wildman–Crippen LogP) is 3.30. The molecule has 1 aromatic carbocycles. The number of carbonyl (C=O) groups excluding carboxylic acids is 1. The average molecular weight is 402 g/mol. The van der Waals surface area contributed by atoms with Gasteiger partial charge in [-0.15, -0.1) is 0 Å². The molecule has 3 aromatic rings. The van der Waals surface area contributed by atoms with E-state index >= 15 is 0 Å². The normalized spacial score (nSPS) is 14.1. The highest BCUT2D eigenvalue weighted by Gasteiger charge is 2.23. The largest absolute Gasteiger partial charge is 0.353 e. The number of hydrogen-bond donors (Lipinski definition) is 0. The van der Waals surface area contributed by atoms with Crippen molar-refractivity contribution in [1.29, 1.82) is 0 Å². The molecule has 0 atom stereocenters. The maximum atomic E-state index is 12.7. The second-order valence-corrected chi connectivity index (χ2v) is 7.64. The van der Waals surface area contributed by atoms with Gasteiger partial charge in [0.15, 0.2) is 5.82 Å². The van der Waals surface area contributed by atoms with Crippen molar-refractivity contribution < 1.29 is 4.79 Å². The summed E-state index contributed by atoms with van der Waals surface area (Å²) in [5, 5.41) is 0. The molecular formula is C24H27N5O. The van der Waals surface area contributed by atoms with E-state index in [4.69, 9.17) is 4.98 Å². The molecule has 1 aliphatic heterocycles. The summed E-state index contributed by atoms with van der Waals surface area (Å²) in [7, 11) is 0. The van der Waals surface area contributed by atoms with Gasteiger partial charge in [-0.05, 0) is 31.0 Å². The molecule has 154 valence electrons. The number of aryl methyl sites for hydroxylation is 2. The quantitative estimate of drug-likeness (QED) is 0.656. The molecule has 3 heterocycles. The molecule has 1 aliphatic rings. The second kappa shape index (κ2) is 9.03. The van der Waals surface area contributed by atoms with Crippen LogP contribution in [0.2, 0.25) is 0 Å². The number of amides is 1. The number of benzene rings is 1. The zero-order valence-electron chi connectivity index (χ0n) is 17.6. The highest BCUT2D eigenvalue weighted by atomic mass is 16.2. The van der Waals surface area contributed by atoms with Gasteiger partial charge in [0.2, 0.25) is 5.91 Å². The van der Waals surface area contributed by atoms with Crippen molar-refractivity contribution in [1.82, 2.24) is 19.9 Å². The molecule has 0 unspecified atom stereocenters. The van der Waals surface area contributed by atoms with Crippen LogP contribution in [-0.4, -0.2) is 51.9 Å². The zero-order valence-corrected chi connectivity index (χ0v) is 17.6. The van der Waals surface area contributed by atoms with Gasteiger partial charge < -0.3 is 9.80 Å². The van der Waals surface area contributed by atoms with Gasteiger partial charge in [-0.1, -0.05) is 42.8 Å². The SMILES string of the molecule is CCc1cc(N2CCN(C(=O)Cc3ccc(C)cc3)CC2)nc(-c2ccccn2)n1. The fourth-order valence-corrected chi connectivity index (χ4v) is 3.61. The van der Waals surface area contributed by atoms with Crippen LogP contribution in [-0.2, 0) is 17.6 Å². The lowest BCUT2D eigenvalue weighted by Crippen LogP contribution is -2.49. The molecule has 6 nitrogen and oxygen atoms in total. The highest BCUT2D eigenvalue weighted by molar-refractivity contribution is 5.79. The Labute approximate surface area is 177 Å². The van der Waals surface area contributed by atoms with Crippen LogP contribution in [0.5, 0.6) is 0 Å². The maximum Gasteiger partial charge on any atom is 0.227 e. The van der Waals surface area contributed by atoms with Crippen molar-refractivity contribution in [2.45, 2.75) is 26.7 Å². The van der Waals surface area contributed by atoms with Crippen LogP contribution in [0.25, 0.3) is 11.5 Å². The number of piperazine rings is 1. The van der Waals surface area contributed by atoms with Gasteiger partial charge in [0.05, 0.1) is 6.42 Å². The van der Waals surface area contributed by atoms with Crippen molar-refractivity contribution in [3.05, 3.63) is 71.5 Å². The van der Waals surface area contributed by atoms with Crippen LogP contribution < -0.4 is 4.90 Å². The van der Waals surface area contributed by atoms with E-state index in [0.717, 1.165) is 42.3 Å². The summed E-state index contributed by atoms with van der Waals surface area (Å²) in [6.45, 7) is 7.09. The molecule has 1 saturated heterocycles. The molecule has 6 heteroatoms. The molecule has 2 aromatic heterocycles. The number of pyridine rings is 1. The fourth-order valence-electron chi connectivity index (χ4n) is 3.61. The van der Waals surface area contributed by atoms with Crippen LogP contribution in [0, 0.1) is 6.92 Å². The lowest BCUT2D eigenvalue weighted by molar-refractivity contribution is -0.130. The summed E-state index contributed by atoms with van der Waals surface area (Å²) >= 11 is 0. The van der Waals surface area contributed by atoms with Crippen molar-refractivity contribution in [3.8, 4) is 11.5 Å². The summed E-state index contributed by atoms with van der Waals surface area (Å²) in [6.07, 6.45) is 3.05. The first-order valence-corrected chi connectivity index (χ1v) is 10.5. The summed E-state index contributed by atoms with van der Waals surface area (Å²) in [5.41, 5.74) is 4.05. The standard InChI is InChI=1S/C24H27N5O/c1-3-20-17-22(27-24(26-20)21-6-4-5-11-25-21)28-12-14-29(15-13-28)23(30)16-19-9-7-18(2)8-10-19/h4-11,17H,3,12-16H2,1-2H3. The molecule has 30 heavy (non-hydrogen) atoms. The van der Waals surface area contributed by atoms with E-state index in [1.807, 2.05) is 35.2 Å². The molecule has 0 bridgehead atoms. The smallest absolute Gasteiger partial charge is 0.227 e. The van der Waals surface area contributed by atoms with Gasteiger partial charge in [-0.2, -0.15) is 0 Å². The number of nitrogens with zero attached hydrogens (tertiary/aromatic N) is 5. The van der Waals surface area contributed by atoms with Crippen LogP contribution in [0.15, 0.2) is 54.7 Å². The Balaban J connectivity index is 1.43. The summed E-state index contributed by atoms with van der Waals surface area (Å²) in [5.74, 6) is 1.75. The Morgan fingerprint density at radius 1 is 1.00 bits per heavy atom. The first-order valence-electron chi connectivity index (χ1n) is 10.5. The number of carbonyl (C=O) groups is 1. The molecule has 0 N–H and O–H groups in total. The minimum atomic E-state index is 0.185. The average Bonchev–Trinajstić information content (AvgIpc) is 2.81. The minimum absolute atomic E-state index is 0.185.